The van der Waals surface area contributed by atoms with Gasteiger partial charge in [-0.05, 0) is 23.6 Å². The summed E-state index contributed by atoms with van der Waals surface area (Å²) in [4.78, 5) is 23.3. The van der Waals surface area contributed by atoms with E-state index in [-0.39, 0.29) is 19.1 Å². The van der Waals surface area contributed by atoms with Crippen LogP contribution in [0, 0.1) is 0 Å². The van der Waals surface area contributed by atoms with Crippen LogP contribution in [0.2, 0.25) is 0 Å². The molecular weight excluding hydrogens is 330 g/mol. The van der Waals surface area contributed by atoms with E-state index in [1.54, 1.807) is 0 Å². The fourth-order valence-corrected chi connectivity index (χ4v) is 2.39. The van der Waals surface area contributed by atoms with Crippen molar-refractivity contribution < 1.29 is 19.1 Å². The van der Waals surface area contributed by atoms with E-state index in [2.05, 4.69) is 5.32 Å². The van der Waals surface area contributed by atoms with Gasteiger partial charge in [0.15, 0.2) is 13.2 Å². The molecule has 0 aliphatic carbocycles. The van der Waals surface area contributed by atoms with Gasteiger partial charge in [0.25, 0.3) is 5.91 Å². The zero-order valence-corrected chi connectivity index (χ0v) is 15.1. The molecule has 0 saturated heterocycles. The zero-order chi connectivity index (χ0) is 18.6. The van der Waals surface area contributed by atoms with Crippen LogP contribution in [0.4, 0.5) is 0 Å². The summed E-state index contributed by atoms with van der Waals surface area (Å²) in [7, 11) is 0. The molecule has 5 nitrogen and oxygen atoms in total. The Morgan fingerprint density at radius 3 is 2.46 bits per heavy atom. The number of hydrogen-bond acceptors (Lipinski definition) is 4. The summed E-state index contributed by atoms with van der Waals surface area (Å²) in [5.41, 5.74) is 2.15. The lowest BCUT2D eigenvalue weighted by atomic mass is 10.0. The maximum Gasteiger partial charge on any atom is 0.344 e. The van der Waals surface area contributed by atoms with E-state index in [1.807, 2.05) is 61.5 Å². The lowest BCUT2D eigenvalue weighted by Gasteiger charge is -2.11. The van der Waals surface area contributed by atoms with Crippen molar-refractivity contribution in [2.75, 3.05) is 19.8 Å². The summed E-state index contributed by atoms with van der Waals surface area (Å²) in [5, 5.41) is 2.69. The third-order valence-electron chi connectivity index (χ3n) is 3.77. The second-order valence-electron chi connectivity index (χ2n) is 5.92. The van der Waals surface area contributed by atoms with E-state index in [0.29, 0.717) is 18.7 Å². The normalized spacial score (nSPS) is 10.2. The quantitative estimate of drug-likeness (QED) is 0.525. The molecule has 0 aliphatic rings. The Balaban J connectivity index is 1.80. The number of hydrogen-bond donors (Lipinski definition) is 1. The first kappa shape index (κ1) is 19.5. The van der Waals surface area contributed by atoms with Crippen molar-refractivity contribution in [1.29, 1.82) is 0 Å². The zero-order valence-electron chi connectivity index (χ0n) is 15.1. The molecule has 0 unspecified atom stereocenters. The van der Waals surface area contributed by atoms with Crippen LogP contribution in [0.15, 0.2) is 54.6 Å². The molecule has 0 saturated carbocycles. The fraction of sp³-hybridized carbons (Fsp3) is 0.333. The maximum absolute atomic E-state index is 11.8. The molecule has 5 heteroatoms. The lowest BCUT2D eigenvalue weighted by molar-refractivity contribution is -0.150. The molecule has 2 rings (SSSR count). The van der Waals surface area contributed by atoms with Gasteiger partial charge in [0.1, 0.15) is 5.75 Å². The number of benzene rings is 2. The SMILES string of the molecule is CCCCNC(=O)COC(=O)COc1ccccc1Cc1ccccc1. The number of carbonyl (C=O) groups is 2. The minimum Gasteiger partial charge on any atom is -0.482 e. The second-order valence-corrected chi connectivity index (χ2v) is 5.92. The monoisotopic (exact) mass is 355 g/mol. The summed E-state index contributed by atoms with van der Waals surface area (Å²) in [5.74, 6) is -0.220. The van der Waals surface area contributed by atoms with E-state index in [0.717, 1.165) is 24.0 Å². The van der Waals surface area contributed by atoms with Gasteiger partial charge in [-0.2, -0.15) is 0 Å². The van der Waals surface area contributed by atoms with Crippen LogP contribution in [0.5, 0.6) is 5.75 Å². The van der Waals surface area contributed by atoms with Crippen LogP contribution in [-0.4, -0.2) is 31.6 Å². The third-order valence-corrected chi connectivity index (χ3v) is 3.77. The predicted molar refractivity (Wildman–Crippen MR) is 100 cm³/mol. The molecule has 0 heterocycles. The maximum atomic E-state index is 11.8. The Kier molecular flexibility index (Phi) is 8.19. The largest absolute Gasteiger partial charge is 0.482 e. The Bertz CT molecular complexity index is 700. The summed E-state index contributed by atoms with van der Waals surface area (Å²) in [6.07, 6.45) is 2.61. The molecular formula is C21H25NO4. The van der Waals surface area contributed by atoms with Crippen molar-refractivity contribution in [3.8, 4) is 5.75 Å². The van der Waals surface area contributed by atoms with E-state index >= 15 is 0 Å². The van der Waals surface area contributed by atoms with Crippen LogP contribution in [0.25, 0.3) is 0 Å². The molecule has 0 spiro atoms. The summed E-state index contributed by atoms with van der Waals surface area (Å²) in [6, 6.07) is 17.6. The first-order chi connectivity index (χ1) is 12.7. The highest BCUT2D eigenvalue weighted by Gasteiger charge is 2.10. The van der Waals surface area contributed by atoms with Gasteiger partial charge in [0, 0.05) is 13.0 Å². The molecule has 0 fully saturated rings. The van der Waals surface area contributed by atoms with E-state index in [4.69, 9.17) is 9.47 Å². The Morgan fingerprint density at radius 1 is 0.962 bits per heavy atom. The summed E-state index contributed by atoms with van der Waals surface area (Å²) < 4.78 is 10.5. The average molecular weight is 355 g/mol. The third kappa shape index (κ3) is 6.97. The number of esters is 1. The molecule has 1 N–H and O–H groups in total. The van der Waals surface area contributed by atoms with Gasteiger partial charge in [-0.1, -0.05) is 61.9 Å². The second kappa shape index (κ2) is 10.9. The van der Waals surface area contributed by atoms with Crippen molar-refractivity contribution in [1.82, 2.24) is 5.32 Å². The molecule has 0 aromatic heterocycles. The van der Waals surface area contributed by atoms with Gasteiger partial charge in [-0.15, -0.1) is 0 Å². The standard InChI is InChI=1S/C21H25NO4/c1-2-3-13-22-20(23)15-26-21(24)16-25-19-12-8-7-11-18(19)14-17-9-5-4-6-10-17/h4-12H,2-3,13-16H2,1H3,(H,22,23). The molecule has 26 heavy (non-hydrogen) atoms. The molecule has 0 radical (unpaired) electrons. The number of para-hydroxylation sites is 1. The molecule has 0 atom stereocenters. The fourth-order valence-electron chi connectivity index (χ4n) is 2.39. The van der Waals surface area contributed by atoms with Gasteiger partial charge < -0.3 is 14.8 Å². The van der Waals surface area contributed by atoms with Crippen LogP contribution in [-0.2, 0) is 20.7 Å². The highest BCUT2D eigenvalue weighted by atomic mass is 16.6. The Labute approximate surface area is 154 Å². The van der Waals surface area contributed by atoms with Gasteiger partial charge in [-0.3, -0.25) is 4.79 Å². The van der Waals surface area contributed by atoms with E-state index < -0.39 is 5.97 Å². The van der Waals surface area contributed by atoms with Crippen LogP contribution in [0.3, 0.4) is 0 Å². The number of amides is 1. The van der Waals surface area contributed by atoms with Crippen LogP contribution in [0.1, 0.15) is 30.9 Å². The molecule has 2 aromatic carbocycles. The minimum atomic E-state index is -0.565. The smallest absolute Gasteiger partial charge is 0.344 e. The molecule has 1 amide bonds. The van der Waals surface area contributed by atoms with Gasteiger partial charge >= 0.3 is 5.97 Å². The number of unbranched alkanes of at least 4 members (excludes halogenated alkanes) is 1. The van der Waals surface area contributed by atoms with Crippen molar-refractivity contribution >= 4 is 11.9 Å². The Morgan fingerprint density at radius 2 is 1.69 bits per heavy atom. The highest BCUT2D eigenvalue weighted by molar-refractivity contribution is 5.80. The van der Waals surface area contributed by atoms with Gasteiger partial charge in [0.05, 0.1) is 0 Å². The minimum absolute atomic E-state index is 0.228. The van der Waals surface area contributed by atoms with Crippen molar-refractivity contribution in [3.63, 3.8) is 0 Å². The van der Waals surface area contributed by atoms with E-state index in [9.17, 15) is 9.59 Å². The Hall–Kier alpha value is -2.82. The summed E-state index contributed by atoms with van der Waals surface area (Å²) >= 11 is 0. The molecule has 2 aromatic rings. The van der Waals surface area contributed by atoms with Gasteiger partial charge in [-0.25, -0.2) is 4.79 Å². The number of rotatable bonds is 10. The lowest BCUT2D eigenvalue weighted by Crippen LogP contribution is -2.30. The van der Waals surface area contributed by atoms with Crippen molar-refractivity contribution in [2.45, 2.75) is 26.2 Å². The predicted octanol–water partition coefficient (Wildman–Crippen LogP) is 3.12. The first-order valence-corrected chi connectivity index (χ1v) is 8.86. The van der Waals surface area contributed by atoms with Crippen molar-refractivity contribution in [3.05, 3.63) is 65.7 Å². The first-order valence-electron chi connectivity index (χ1n) is 8.86. The molecule has 138 valence electrons. The molecule has 0 aliphatic heterocycles. The number of nitrogens with one attached hydrogen (secondary N) is 1. The number of ether oxygens (including phenoxy) is 2. The van der Waals surface area contributed by atoms with Crippen LogP contribution < -0.4 is 10.1 Å². The summed E-state index contributed by atoms with van der Waals surface area (Å²) in [6.45, 7) is 2.13. The van der Waals surface area contributed by atoms with Gasteiger partial charge in [0.2, 0.25) is 0 Å². The van der Waals surface area contributed by atoms with E-state index in [1.165, 1.54) is 0 Å². The number of carbonyl (C=O) groups excluding carboxylic acids is 2. The van der Waals surface area contributed by atoms with Crippen LogP contribution >= 0.6 is 0 Å². The highest BCUT2D eigenvalue weighted by Crippen LogP contribution is 2.21. The topological polar surface area (TPSA) is 64.6 Å². The average Bonchev–Trinajstić information content (AvgIpc) is 2.67. The molecule has 0 bridgehead atoms. The van der Waals surface area contributed by atoms with Crippen molar-refractivity contribution in [2.24, 2.45) is 0 Å².